The Hall–Kier alpha value is -4.60. The molecule has 4 aromatic rings. The van der Waals surface area contributed by atoms with E-state index >= 15 is 0 Å². The minimum atomic E-state index is -0.730. The van der Waals surface area contributed by atoms with Crippen molar-refractivity contribution >= 4 is 34.2 Å². The molecule has 0 aliphatic heterocycles. The van der Waals surface area contributed by atoms with Crippen LogP contribution in [0.15, 0.2) is 73.1 Å². The number of nitrogens with zero attached hydrogens (tertiary/aromatic N) is 4. The van der Waals surface area contributed by atoms with E-state index in [4.69, 9.17) is 4.74 Å². The number of hydrogen-bond acceptors (Lipinski definition) is 7. The predicted octanol–water partition coefficient (Wildman–Crippen LogP) is 2.50. The lowest BCUT2D eigenvalue weighted by molar-refractivity contribution is -0.124. The monoisotopic (exact) mass is 458 g/mol. The summed E-state index contributed by atoms with van der Waals surface area (Å²) in [6, 6.07) is 19.9. The highest BCUT2D eigenvalue weighted by molar-refractivity contribution is 6.01. The van der Waals surface area contributed by atoms with Gasteiger partial charge in [0, 0.05) is 0 Å². The Balaban J connectivity index is 1.35. The van der Waals surface area contributed by atoms with Gasteiger partial charge in [0.25, 0.3) is 5.91 Å². The van der Waals surface area contributed by atoms with E-state index in [1.165, 1.54) is 17.1 Å². The lowest BCUT2D eigenvalue weighted by Crippen LogP contribution is -2.31. The van der Waals surface area contributed by atoms with Crippen LogP contribution in [-0.4, -0.2) is 44.6 Å². The SMILES string of the molecule is CC(NC(=O)COC(=O)c1ccccc1NC(=O)Cn1cnnn1)c1cccc2ccccc12. The molecule has 0 aliphatic carbocycles. The van der Waals surface area contributed by atoms with E-state index in [1.807, 2.05) is 49.4 Å². The zero-order valence-corrected chi connectivity index (χ0v) is 18.3. The van der Waals surface area contributed by atoms with Crippen molar-refractivity contribution in [3.63, 3.8) is 0 Å². The van der Waals surface area contributed by atoms with Crippen LogP contribution in [0.4, 0.5) is 5.69 Å². The third kappa shape index (κ3) is 5.41. The minimum absolute atomic E-state index is 0.120. The molecule has 0 radical (unpaired) electrons. The number of tetrazole rings is 1. The number of fused-ring (bicyclic) bond motifs is 1. The lowest BCUT2D eigenvalue weighted by Gasteiger charge is -2.17. The van der Waals surface area contributed by atoms with Crippen LogP contribution in [-0.2, 0) is 20.9 Å². The molecule has 1 heterocycles. The second-order valence-corrected chi connectivity index (χ2v) is 7.53. The van der Waals surface area contributed by atoms with Crippen molar-refractivity contribution < 1.29 is 19.1 Å². The van der Waals surface area contributed by atoms with Crippen LogP contribution in [0, 0.1) is 0 Å². The van der Waals surface area contributed by atoms with Gasteiger partial charge in [-0.3, -0.25) is 9.59 Å². The summed E-state index contributed by atoms with van der Waals surface area (Å²) < 4.78 is 6.45. The first-order valence-electron chi connectivity index (χ1n) is 10.5. The van der Waals surface area contributed by atoms with Gasteiger partial charge >= 0.3 is 5.97 Å². The normalized spacial score (nSPS) is 11.6. The average molecular weight is 458 g/mol. The predicted molar refractivity (Wildman–Crippen MR) is 124 cm³/mol. The number of aromatic nitrogens is 4. The van der Waals surface area contributed by atoms with Crippen molar-refractivity contribution in [2.24, 2.45) is 0 Å². The van der Waals surface area contributed by atoms with E-state index in [1.54, 1.807) is 18.2 Å². The van der Waals surface area contributed by atoms with Gasteiger partial charge in [0.05, 0.1) is 17.3 Å². The third-order valence-electron chi connectivity index (χ3n) is 5.12. The summed E-state index contributed by atoms with van der Waals surface area (Å²) >= 11 is 0. The summed E-state index contributed by atoms with van der Waals surface area (Å²) in [5.41, 5.74) is 1.35. The van der Waals surface area contributed by atoms with Crippen LogP contribution < -0.4 is 10.6 Å². The number of hydrogen-bond donors (Lipinski definition) is 2. The smallest absolute Gasteiger partial charge is 0.340 e. The fourth-order valence-electron chi connectivity index (χ4n) is 3.56. The third-order valence-corrected chi connectivity index (χ3v) is 5.12. The van der Waals surface area contributed by atoms with Crippen molar-refractivity contribution in [3.05, 3.63) is 84.2 Å². The van der Waals surface area contributed by atoms with Crippen LogP contribution in [0.1, 0.15) is 28.9 Å². The number of esters is 1. The highest BCUT2D eigenvalue weighted by Gasteiger charge is 2.18. The molecule has 0 spiro atoms. The molecule has 172 valence electrons. The Morgan fingerprint density at radius 1 is 0.971 bits per heavy atom. The fourth-order valence-corrected chi connectivity index (χ4v) is 3.56. The van der Waals surface area contributed by atoms with Gasteiger partial charge in [0.1, 0.15) is 12.9 Å². The molecular formula is C24H22N6O4. The highest BCUT2D eigenvalue weighted by Crippen LogP contribution is 2.24. The number of carbonyl (C=O) groups is 3. The Morgan fingerprint density at radius 3 is 2.56 bits per heavy atom. The summed E-state index contributed by atoms with van der Waals surface area (Å²) in [7, 11) is 0. The second-order valence-electron chi connectivity index (χ2n) is 7.53. The van der Waals surface area contributed by atoms with Gasteiger partial charge in [-0.1, -0.05) is 54.6 Å². The zero-order valence-electron chi connectivity index (χ0n) is 18.3. The van der Waals surface area contributed by atoms with Crippen LogP contribution in [0.3, 0.4) is 0 Å². The summed E-state index contributed by atoms with van der Waals surface area (Å²) in [4.78, 5) is 37.3. The molecule has 0 saturated carbocycles. The maximum atomic E-state index is 12.6. The summed E-state index contributed by atoms with van der Waals surface area (Å²) in [6.07, 6.45) is 1.30. The Kier molecular flexibility index (Phi) is 6.87. The van der Waals surface area contributed by atoms with Gasteiger partial charge in [-0.25, -0.2) is 9.48 Å². The molecule has 2 amide bonds. The largest absolute Gasteiger partial charge is 0.452 e. The number of anilines is 1. The first-order chi connectivity index (χ1) is 16.5. The minimum Gasteiger partial charge on any atom is -0.452 e. The summed E-state index contributed by atoms with van der Waals surface area (Å²) in [5, 5.41) is 18.2. The van der Waals surface area contributed by atoms with Gasteiger partial charge in [-0.05, 0) is 45.8 Å². The van der Waals surface area contributed by atoms with Crippen LogP contribution in [0.5, 0.6) is 0 Å². The lowest BCUT2D eigenvalue weighted by atomic mass is 10.00. The number of para-hydroxylation sites is 1. The van der Waals surface area contributed by atoms with Gasteiger partial charge in [-0.2, -0.15) is 0 Å². The Morgan fingerprint density at radius 2 is 1.74 bits per heavy atom. The maximum Gasteiger partial charge on any atom is 0.340 e. The van der Waals surface area contributed by atoms with Crippen molar-refractivity contribution in [1.29, 1.82) is 0 Å². The van der Waals surface area contributed by atoms with Gasteiger partial charge < -0.3 is 15.4 Å². The molecule has 0 fully saturated rings. The van der Waals surface area contributed by atoms with Crippen molar-refractivity contribution in [2.75, 3.05) is 11.9 Å². The molecule has 1 unspecified atom stereocenters. The first-order valence-corrected chi connectivity index (χ1v) is 10.5. The molecule has 1 aromatic heterocycles. The molecule has 0 saturated heterocycles. The topological polar surface area (TPSA) is 128 Å². The molecule has 1 atom stereocenters. The van der Waals surface area contributed by atoms with Crippen molar-refractivity contribution in [1.82, 2.24) is 25.5 Å². The standard InChI is InChI=1S/C24H22N6O4/c1-16(18-11-6-8-17-7-2-3-9-19(17)18)26-23(32)14-34-24(33)20-10-4-5-12-21(20)27-22(31)13-30-15-25-28-29-30/h2-12,15-16H,13-14H2,1H3,(H,26,32)(H,27,31). The molecule has 34 heavy (non-hydrogen) atoms. The van der Waals surface area contributed by atoms with E-state index in [9.17, 15) is 14.4 Å². The van der Waals surface area contributed by atoms with E-state index in [2.05, 4.69) is 26.2 Å². The second kappa shape index (κ2) is 10.3. The number of nitrogens with one attached hydrogen (secondary N) is 2. The van der Waals surface area contributed by atoms with Gasteiger partial charge in [-0.15, -0.1) is 5.10 Å². The number of benzene rings is 3. The zero-order chi connectivity index (χ0) is 23.9. The average Bonchev–Trinajstić information content (AvgIpc) is 3.35. The number of ether oxygens (including phenoxy) is 1. The molecular weight excluding hydrogens is 436 g/mol. The molecule has 10 nitrogen and oxygen atoms in total. The van der Waals surface area contributed by atoms with Gasteiger partial charge in [0.2, 0.25) is 5.91 Å². The van der Waals surface area contributed by atoms with E-state index in [0.717, 1.165) is 16.3 Å². The van der Waals surface area contributed by atoms with Crippen LogP contribution in [0.25, 0.3) is 10.8 Å². The molecule has 4 rings (SSSR count). The van der Waals surface area contributed by atoms with E-state index in [0.29, 0.717) is 0 Å². The van der Waals surface area contributed by atoms with E-state index < -0.39 is 24.4 Å². The maximum absolute atomic E-state index is 12.6. The van der Waals surface area contributed by atoms with Crippen LogP contribution >= 0.6 is 0 Å². The van der Waals surface area contributed by atoms with Crippen LogP contribution in [0.2, 0.25) is 0 Å². The number of carbonyl (C=O) groups excluding carboxylic acids is 3. The first kappa shape index (κ1) is 22.6. The Labute approximate surface area is 194 Å². The number of rotatable bonds is 8. The van der Waals surface area contributed by atoms with E-state index in [-0.39, 0.29) is 23.8 Å². The molecule has 0 aliphatic rings. The van der Waals surface area contributed by atoms with Gasteiger partial charge in [0.15, 0.2) is 6.61 Å². The summed E-state index contributed by atoms with van der Waals surface area (Å²) in [5.74, 6) is -1.59. The molecule has 10 heteroatoms. The Bertz CT molecular complexity index is 1320. The highest BCUT2D eigenvalue weighted by atomic mass is 16.5. The molecule has 0 bridgehead atoms. The summed E-state index contributed by atoms with van der Waals surface area (Å²) in [6.45, 7) is 1.29. The van der Waals surface area contributed by atoms with Crippen molar-refractivity contribution in [2.45, 2.75) is 19.5 Å². The fraction of sp³-hybridized carbons (Fsp3) is 0.167. The quantitative estimate of drug-likeness (QED) is 0.388. The molecule has 3 aromatic carbocycles. The van der Waals surface area contributed by atoms with Crippen molar-refractivity contribution in [3.8, 4) is 0 Å². The number of amides is 2. The molecule has 2 N–H and O–H groups in total.